The molecule has 218 valence electrons. The topological polar surface area (TPSA) is 97.3 Å². The van der Waals surface area contributed by atoms with Gasteiger partial charge in [-0.15, -0.1) is 0 Å². The monoisotopic (exact) mass is 625 g/mol. The molecule has 42 heavy (non-hydrogen) atoms. The maximum Gasteiger partial charge on any atom is 0.264 e. The van der Waals surface area contributed by atoms with Crippen LogP contribution in [0.1, 0.15) is 23.6 Å². The van der Waals surface area contributed by atoms with Crippen LogP contribution in [0.5, 0.6) is 11.5 Å². The van der Waals surface area contributed by atoms with Gasteiger partial charge in [0.15, 0.2) is 11.5 Å². The van der Waals surface area contributed by atoms with Gasteiger partial charge in [-0.1, -0.05) is 59.1 Å². The van der Waals surface area contributed by atoms with Crippen LogP contribution in [0.4, 0.5) is 5.69 Å². The SMILES string of the molecule is CCOc1cc(/C=N\NC(=O)CN(c2cccc(Cl)c2)S(=O)(=O)c2ccc(C)cc2)ccc1OCc1cccc(Cl)c1. The van der Waals surface area contributed by atoms with Crippen LogP contribution in [0, 0.1) is 6.92 Å². The van der Waals surface area contributed by atoms with E-state index in [1.165, 1.54) is 24.4 Å². The van der Waals surface area contributed by atoms with Crippen molar-refractivity contribution >= 4 is 51.0 Å². The third-order valence-corrected chi connectivity index (χ3v) is 8.20. The Hall–Kier alpha value is -4.05. The summed E-state index contributed by atoms with van der Waals surface area (Å²) in [5.74, 6) is 0.399. The van der Waals surface area contributed by atoms with Gasteiger partial charge in [-0.2, -0.15) is 5.10 Å². The molecule has 0 aromatic heterocycles. The van der Waals surface area contributed by atoms with Crippen molar-refractivity contribution in [2.75, 3.05) is 17.5 Å². The number of anilines is 1. The average Bonchev–Trinajstić information content (AvgIpc) is 2.96. The molecular weight excluding hydrogens is 597 g/mol. The lowest BCUT2D eigenvalue weighted by atomic mass is 10.2. The number of nitrogens with one attached hydrogen (secondary N) is 1. The van der Waals surface area contributed by atoms with Crippen molar-refractivity contribution in [1.29, 1.82) is 0 Å². The minimum Gasteiger partial charge on any atom is -0.490 e. The first-order valence-electron chi connectivity index (χ1n) is 13.0. The van der Waals surface area contributed by atoms with E-state index in [2.05, 4.69) is 10.5 Å². The molecule has 0 aliphatic rings. The van der Waals surface area contributed by atoms with Gasteiger partial charge in [-0.3, -0.25) is 9.10 Å². The van der Waals surface area contributed by atoms with Crippen molar-refractivity contribution in [3.63, 3.8) is 0 Å². The number of halogens is 2. The first-order valence-corrected chi connectivity index (χ1v) is 15.2. The van der Waals surface area contributed by atoms with Gasteiger partial charge >= 0.3 is 0 Å². The van der Waals surface area contributed by atoms with Gasteiger partial charge in [0.1, 0.15) is 13.2 Å². The van der Waals surface area contributed by atoms with Crippen LogP contribution < -0.4 is 19.2 Å². The largest absolute Gasteiger partial charge is 0.490 e. The van der Waals surface area contributed by atoms with Crippen molar-refractivity contribution in [2.24, 2.45) is 5.10 Å². The Morgan fingerprint density at radius 1 is 0.905 bits per heavy atom. The van der Waals surface area contributed by atoms with E-state index in [0.29, 0.717) is 40.3 Å². The normalized spacial score (nSPS) is 11.3. The first-order chi connectivity index (χ1) is 20.2. The molecule has 0 aliphatic carbocycles. The summed E-state index contributed by atoms with van der Waals surface area (Å²) < 4.78 is 39.7. The number of hydrogen-bond donors (Lipinski definition) is 1. The van der Waals surface area contributed by atoms with Crippen molar-refractivity contribution in [1.82, 2.24) is 5.43 Å². The Kier molecular flexibility index (Phi) is 10.5. The summed E-state index contributed by atoms with van der Waals surface area (Å²) in [4.78, 5) is 12.9. The Labute approximate surface area is 255 Å². The lowest BCUT2D eigenvalue weighted by Gasteiger charge is -2.24. The zero-order valence-electron chi connectivity index (χ0n) is 23.0. The summed E-state index contributed by atoms with van der Waals surface area (Å²) in [6.45, 7) is 3.92. The molecule has 1 N–H and O–H groups in total. The number of amides is 1. The van der Waals surface area contributed by atoms with Crippen LogP contribution in [0.2, 0.25) is 10.0 Å². The van der Waals surface area contributed by atoms with Crippen LogP contribution in [-0.4, -0.2) is 33.7 Å². The molecule has 0 aliphatic heterocycles. The van der Waals surface area contributed by atoms with E-state index in [1.807, 2.05) is 32.0 Å². The molecule has 4 aromatic rings. The minimum absolute atomic E-state index is 0.0468. The number of nitrogens with zero attached hydrogens (tertiary/aromatic N) is 2. The number of benzene rings is 4. The molecule has 0 saturated heterocycles. The van der Waals surface area contributed by atoms with Gasteiger partial charge in [-0.25, -0.2) is 13.8 Å². The number of aryl methyl sites for hydroxylation is 1. The van der Waals surface area contributed by atoms with E-state index in [1.54, 1.807) is 54.6 Å². The van der Waals surface area contributed by atoms with E-state index in [-0.39, 0.29) is 10.6 Å². The quantitative estimate of drug-likeness (QED) is 0.141. The van der Waals surface area contributed by atoms with E-state index < -0.39 is 22.5 Å². The zero-order valence-corrected chi connectivity index (χ0v) is 25.3. The highest BCUT2D eigenvalue weighted by Gasteiger charge is 2.27. The van der Waals surface area contributed by atoms with Crippen LogP contribution in [0.25, 0.3) is 0 Å². The molecule has 11 heteroatoms. The fourth-order valence-electron chi connectivity index (χ4n) is 3.91. The third kappa shape index (κ3) is 8.25. The second-order valence-corrected chi connectivity index (χ2v) is 11.9. The maximum atomic E-state index is 13.5. The van der Waals surface area contributed by atoms with E-state index in [9.17, 15) is 13.2 Å². The first kappa shape index (κ1) is 30.9. The summed E-state index contributed by atoms with van der Waals surface area (Å²) in [5.41, 5.74) is 5.10. The highest BCUT2D eigenvalue weighted by Crippen LogP contribution is 2.29. The molecule has 0 fully saturated rings. The number of carbonyl (C=O) groups excluding carboxylic acids is 1. The summed E-state index contributed by atoms with van der Waals surface area (Å²) in [6, 6.07) is 25.3. The van der Waals surface area contributed by atoms with E-state index in [4.69, 9.17) is 32.7 Å². The molecule has 0 radical (unpaired) electrons. The van der Waals surface area contributed by atoms with Gasteiger partial charge in [0, 0.05) is 10.0 Å². The minimum atomic E-state index is -4.08. The van der Waals surface area contributed by atoms with Gasteiger partial charge in [0.25, 0.3) is 15.9 Å². The Bertz CT molecular complexity index is 1680. The molecule has 1 amide bonds. The number of rotatable bonds is 12. The third-order valence-electron chi connectivity index (χ3n) is 5.95. The Morgan fingerprint density at radius 2 is 1.62 bits per heavy atom. The van der Waals surface area contributed by atoms with Crippen molar-refractivity contribution in [3.8, 4) is 11.5 Å². The smallest absolute Gasteiger partial charge is 0.264 e. The second kappa shape index (κ2) is 14.2. The summed E-state index contributed by atoms with van der Waals surface area (Å²) in [5, 5.41) is 4.98. The van der Waals surface area contributed by atoms with Crippen molar-refractivity contribution in [2.45, 2.75) is 25.3 Å². The molecular formula is C31H29Cl2N3O5S. The number of sulfonamides is 1. The summed E-state index contributed by atoms with van der Waals surface area (Å²) >= 11 is 12.2. The Morgan fingerprint density at radius 3 is 2.31 bits per heavy atom. The van der Waals surface area contributed by atoms with Gasteiger partial charge < -0.3 is 9.47 Å². The molecule has 0 heterocycles. The fourth-order valence-corrected chi connectivity index (χ4v) is 5.72. The highest BCUT2D eigenvalue weighted by molar-refractivity contribution is 7.92. The number of ether oxygens (including phenoxy) is 2. The summed E-state index contributed by atoms with van der Waals surface area (Å²) in [7, 11) is -4.08. The molecule has 0 spiro atoms. The Balaban J connectivity index is 1.47. The van der Waals surface area contributed by atoms with Gasteiger partial charge in [-0.05, 0) is 85.6 Å². The van der Waals surface area contributed by atoms with Crippen LogP contribution in [0.15, 0.2) is 101 Å². The predicted octanol–water partition coefficient (Wildman–Crippen LogP) is 6.63. The van der Waals surface area contributed by atoms with Crippen molar-refractivity contribution in [3.05, 3.63) is 118 Å². The van der Waals surface area contributed by atoms with Crippen LogP contribution >= 0.6 is 23.2 Å². The lowest BCUT2D eigenvalue weighted by molar-refractivity contribution is -0.119. The lowest BCUT2D eigenvalue weighted by Crippen LogP contribution is -2.39. The molecule has 4 aromatic carbocycles. The number of hydrogen-bond acceptors (Lipinski definition) is 6. The molecule has 0 saturated carbocycles. The van der Waals surface area contributed by atoms with E-state index in [0.717, 1.165) is 15.4 Å². The molecule has 8 nitrogen and oxygen atoms in total. The summed E-state index contributed by atoms with van der Waals surface area (Å²) in [6.07, 6.45) is 1.43. The maximum absolute atomic E-state index is 13.5. The van der Waals surface area contributed by atoms with Crippen LogP contribution in [0.3, 0.4) is 0 Å². The molecule has 4 rings (SSSR count). The average molecular weight is 627 g/mol. The predicted molar refractivity (Wildman–Crippen MR) is 166 cm³/mol. The molecule has 0 unspecified atom stereocenters. The fraction of sp³-hybridized carbons (Fsp3) is 0.161. The van der Waals surface area contributed by atoms with E-state index >= 15 is 0 Å². The second-order valence-electron chi connectivity index (χ2n) is 9.16. The highest BCUT2D eigenvalue weighted by atomic mass is 35.5. The standard InChI is InChI=1S/C31H29Cl2N3O5S/c1-3-40-30-17-23(12-15-29(30)41-21-24-6-4-7-25(32)16-24)19-34-35-31(37)20-36(27-9-5-8-26(33)18-27)42(38,39)28-13-10-22(2)11-14-28/h4-19H,3,20-21H2,1-2H3,(H,35,37)/b34-19-. The number of carbonyl (C=O) groups is 1. The van der Waals surface area contributed by atoms with Crippen molar-refractivity contribution < 1.29 is 22.7 Å². The zero-order chi connectivity index (χ0) is 30.1. The van der Waals surface area contributed by atoms with Gasteiger partial charge in [0.2, 0.25) is 0 Å². The van der Waals surface area contributed by atoms with Gasteiger partial charge in [0.05, 0.1) is 23.4 Å². The number of hydrazone groups is 1. The van der Waals surface area contributed by atoms with Crippen LogP contribution in [-0.2, 0) is 21.4 Å². The molecule has 0 atom stereocenters. The molecule has 0 bridgehead atoms.